The number of alkyl halides is 3. The molecule has 1 heterocycles. The minimum absolute atomic E-state index is 0.0394. The van der Waals surface area contributed by atoms with Crippen LogP contribution in [0.15, 0.2) is 28.9 Å². The molecular formula is C13H15F3N6O3S. The fraction of sp³-hybridized carbons (Fsp3) is 0.308. The van der Waals surface area contributed by atoms with Crippen LogP contribution in [0.25, 0.3) is 0 Å². The average Bonchev–Trinajstić information content (AvgIpc) is 2.98. The summed E-state index contributed by atoms with van der Waals surface area (Å²) in [6, 6.07) is 4.33. The van der Waals surface area contributed by atoms with Gasteiger partial charge in [-0.15, -0.1) is 0 Å². The molecule has 0 spiro atoms. The number of nitrogens with zero attached hydrogens (tertiary/aromatic N) is 2. The van der Waals surface area contributed by atoms with Gasteiger partial charge in [-0.2, -0.15) is 13.2 Å². The van der Waals surface area contributed by atoms with Gasteiger partial charge in [-0.1, -0.05) is 6.07 Å². The van der Waals surface area contributed by atoms with Crippen LogP contribution in [-0.4, -0.2) is 43.9 Å². The summed E-state index contributed by atoms with van der Waals surface area (Å²) in [5, 5.41) is 20.2. The van der Waals surface area contributed by atoms with Gasteiger partial charge in [-0.3, -0.25) is 5.41 Å². The first-order valence-electron chi connectivity index (χ1n) is 7.10. The molecule has 142 valence electrons. The molecule has 9 nitrogen and oxygen atoms in total. The Morgan fingerprint density at radius 2 is 2.00 bits per heavy atom. The van der Waals surface area contributed by atoms with E-state index in [0.717, 1.165) is 18.4 Å². The summed E-state index contributed by atoms with van der Waals surface area (Å²) in [6.45, 7) is 0.185. The van der Waals surface area contributed by atoms with E-state index in [9.17, 15) is 21.6 Å². The average molecular weight is 392 g/mol. The van der Waals surface area contributed by atoms with Crippen molar-refractivity contribution in [2.24, 2.45) is 0 Å². The highest BCUT2D eigenvalue weighted by molar-refractivity contribution is 7.88. The van der Waals surface area contributed by atoms with Gasteiger partial charge in [0.15, 0.2) is 11.5 Å². The second-order valence-electron chi connectivity index (χ2n) is 5.13. The van der Waals surface area contributed by atoms with Gasteiger partial charge in [0.1, 0.15) is 0 Å². The molecule has 0 aliphatic carbocycles. The van der Waals surface area contributed by atoms with Gasteiger partial charge < -0.3 is 10.6 Å². The van der Waals surface area contributed by atoms with E-state index in [1.54, 1.807) is 0 Å². The summed E-state index contributed by atoms with van der Waals surface area (Å²) in [7, 11) is -3.34. The Bertz CT molecular complexity index is 881. The number of benzene rings is 1. The number of sulfonamides is 1. The number of aromatic nitrogens is 2. The van der Waals surface area contributed by atoms with Crippen molar-refractivity contribution >= 4 is 27.4 Å². The molecular weight excluding hydrogens is 377 g/mol. The van der Waals surface area contributed by atoms with Crippen LogP contribution in [0.3, 0.4) is 0 Å². The third kappa shape index (κ3) is 5.70. The third-order valence-electron chi connectivity index (χ3n) is 2.97. The molecule has 0 unspecified atom stereocenters. The summed E-state index contributed by atoms with van der Waals surface area (Å²) in [6.07, 6.45) is -3.50. The molecule has 2 aromatic rings. The van der Waals surface area contributed by atoms with Gasteiger partial charge >= 0.3 is 6.18 Å². The fourth-order valence-corrected chi connectivity index (χ4v) is 2.34. The van der Waals surface area contributed by atoms with Crippen LogP contribution >= 0.6 is 0 Å². The lowest BCUT2D eigenvalue weighted by Crippen LogP contribution is -2.28. The van der Waals surface area contributed by atoms with Crippen LogP contribution in [0, 0.1) is 5.41 Å². The zero-order valence-electron chi connectivity index (χ0n) is 13.4. The molecule has 4 N–H and O–H groups in total. The Morgan fingerprint density at radius 1 is 1.27 bits per heavy atom. The highest BCUT2D eigenvalue weighted by atomic mass is 32.2. The molecule has 0 atom stereocenters. The highest BCUT2D eigenvalue weighted by Gasteiger charge is 2.30. The monoisotopic (exact) mass is 392 g/mol. The number of halogens is 3. The minimum Gasteiger partial charge on any atom is -0.364 e. The van der Waals surface area contributed by atoms with Gasteiger partial charge in [-0.05, 0) is 28.5 Å². The van der Waals surface area contributed by atoms with Crippen molar-refractivity contribution in [2.75, 3.05) is 30.0 Å². The van der Waals surface area contributed by atoms with Gasteiger partial charge in [0.05, 0.1) is 11.8 Å². The Morgan fingerprint density at radius 3 is 2.65 bits per heavy atom. The number of hydrogen-bond acceptors (Lipinski definition) is 7. The van der Waals surface area contributed by atoms with E-state index >= 15 is 0 Å². The van der Waals surface area contributed by atoms with Crippen LogP contribution in [-0.2, 0) is 16.2 Å². The molecule has 26 heavy (non-hydrogen) atoms. The molecule has 0 saturated heterocycles. The lowest BCUT2D eigenvalue weighted by molar-refractivity contribution is -0.137. The molecule has 0 fully saturated rings. The molecule has 13 heteroatoms. The number of amidine groups is 1. The summed E-state index contributed by atoms with van der Waals surface area (Å²) < 4.78 is 66.9. The van der Waals surface area contributed by atoms with Gasteiger partial charge in [0, 0.05) is 18.8 Å². The molecule has 0 saturated carbocycles. The van der Waals surface area contributed by atoms with Crippen molar-refractivity contribution in [3.63, 3.8) is 0 Å². The first kappa shape index (κ1) is 19.7. The van der Waals surface area contributed by atoms with E-state index in [0.29, 0.717) is 0 Å². The Balaban J connectivity index is 2.02. The molecule has 1 aromatic carbocycles. The summed E-state index contributed by atoms with van der Waals surface area (Å²) in [4.78, 5) is 0. The maximum Gasteiger partial charge on any atom is 0.416 e. The van der Waals surface area contributed by atoms with Gasteiger partial charge in [-0.25, -0.2) is 17.8 Å². The molecule has 0 bridgehead atoms. The normalized spacial score (nSPS) is 12.0. The summed E-state index contributed by atoms with van der Waals surface area (Å²) in [5.74, 6) is -0.297. The first-order chi connectivity index (χ1) is 12.1. The maximum atomic E-state index is 12.7. The smallest absolute Gasteiger partial charge is 0.364 e. The lowest BCUT2D eigenvalue weighted by Gasteiger charge is -2.11. The van der Waals surface area contributed by atoms with Crippen LogP contribution in [0.2, 0.25) is 0 Å². The first-order valence-corrected chi connectivity index (χ1v) is 8.99. The molecule has 0 radical (unpaired) electrons. The van der Waals surface area contributed by atoms with Crippen LogP contribution in [0.4, 0.5) is 24.7 Å². The fourth-order valence-electron chi connectivity index (χ4n) is 1.86. The van der Waals surface area contributed by atoms with Crippen molar-refractivity contribution in [3.8, 4) is 0 Å². The van der Waals surface area contributed by atoms with E-state index in [1.807, 2.05) is 0 Å². The van der Waals surface area contributed by atoms with E-state index in [-0.39, 0.29) is 36.1 Å². The van der Waals surface area contributed by atoms with E-state index in [1.165, 1.54) is 12.1 Å². The second-order valence-corrected chi connectivity index (χ2v) is 6.97. The largest absolute Gasteiger partial charge is 0.416 e. The number of hydrogen-bond donors (Lipinski definition) is 4. The number of rotatable bonds is 7. The van der Waals surface area contributed by atoms with Gasteiger partial charge in [0.25, 0.3) is 0 Å². The number of anilines is 2. The molecule has 2 rings (SSSR count). The Labute approximate surface area is 146 Å². The van der Waals surface area contributed by atoms with E-state index in [4.69, 9.17) is 5.41 Å². The van der Waals surface area contributed by atoms with Crippen molar-refractivity contribution < 1.29 is 26.2 Å². The Kier molecular flexibility index (Phi) is 5.82. The highest BCUT2D eigenvalue weighted by Crippen LogP contribution is 2.30. The van der Waals surface area contributed by atoms with E-state index in [2.05, 4.69) is 30.3 Å². The maximum absolute atomic E-state index is 12.7. The van der Waals surface area contributed by atoms with E-state index < -0.39 is 21.8 Å². The summed E-state index contributed by atoms with van der Waals surface area (Å²) in [5.41, 5.74) is -0.891. The topological polar surface area (TPSA) is 133 Å². The minimum atomic E-state index is -4.51. The van der Waals surface area contributed by atoms with Crippen molar-refractivity contribution in [1.82, 2.24) is 15.0 Å². The SMILES string of the molecule is CS(=O)(=O)NCCNc1nonc1C(=N)Nc1cccc(C(F)(F)F)c1. The second kappa shape index (κ2) is 7.70. The van der Waals surface area contributed by atoms with Crippen molar-refractivity contribution in [3.05, 3.63) is 35.5 Å². The molecule has 0 amide bonds. The zero-order valence-corrected chi connectivity index (χ0v) is 14.2. The Hall–Kier alpha value is -2.67. The predicted octanol–water partition coefficient (Wildman–Crippen LogP) is 1.49. The quantitative estimate of drug-likeness (QED) is 0.319. The van der Waals surface area contributed by atoms with Gasteiger partial charge in [0.2, 0.25) is 15.8 Å². The molecule has 0 aliphatic heterocycles. The van der Waals surface area contributed by atoms with Crippen LogP contribution in [0.1, 0.15) is 11.3 Å². The third-order valence-corrected chi connectivity index (χ3v) is 3.69. The van der Waals surface area contributed by atoms with Crippen LogP contribution < -0.4 is 15.4 Å². The summed E-state index contributed by atoms with van der Waals surface area (Å²) >= 11 is 0. The molecule has 1 aromatic heterocycles. The standard InChI is InChI=1S/C13H15F3N6O3S/c1-26(23,24)19-6-5-18-12-10(21-25-22-12)11(17)20-9-4-2-3-8(7-9)13(14,15)16/h2-4,7,19H,5-6H2,1H3,(H2,17,20)(H,18,22). The molecule has 0 aliphatic rings. The van der Waals surface area contributed by atoms with Crippen LogP contribution in [0.5, 0.6) is 0 Å². The lowest BCUT2D eigenvalue weighted by atomic mass is 10.2. The predicted molar refractivity (Wildman–Crippen MR) is 87.5 cm³/mol. The zero-order chi connectivity index (χ0) is 19.4. The van der Waals surface area contributed by atoms with Crippen molar-refractivity contribution in [2.45, 2.75) is 6.18 Å². The number of nitrogens with one attached hydrogen (secondary N) is 4. The van der Waals surface area contributed by atoms with Crippen molar-refractivity contribution in [1.29, 1.82) is 5.41 Å².